The van der Waals surface area contributed by atoms with E-state index < -0.39 is 23.5 Å². The van der Waals surface area contributed by atoms with E-state index in [9.17, 15) is 9.59 Å². The van der Waals surface area contributed by atoms with Crippen LogP contribution in [0, 0.1) is 0 Å². The Balaban J connectivity index is 1.74. The molecule has 2 atom stereocenters. The van der Waals surface area contributed by atoms with Crippen molar-refractivity contribution in [3.8, 4) is 0 Å². The van der Waals surface area contributed by atoms with Gasteiger partial charge in [-0.3, -0.25) is 9.79 Å². The Morgan fingerprint density at radius 1 is 0.643 bits per heavy atom. The number of nitrogens with zero attached hydrogens (tertiary/aromatic N) is 1. The molecule has 0 saturated heterocycles. The summed E-state index contributed by atoms with van der Waals surface area (Å²) in [4.78, 5) is 33.2. The first-order chi connectivity index (χ1) is 20.3. The highest BCUT2D eigenvalue weighted by molar-refractivity contribution is 6.13. The van der Waals surface area contributed by atoms with Crippen LogP contribution in [0.3, 0.4) is 0 Å². The lowest BCUT2D eigenvalue weighted by Gasteiger charge is -2.29. The smallest absolute Gasteiger partial charge is 0.332 e. The minimum atomic E-state index is -0.988. The maximum atomic E-state index is 14.2. The number of rotatable bonds is 9. The van der Waals surface area contributed by atoms with Gasteiger partial charge in [-0.2, -0.15) is 0 Å². The third-order valence-electron chi connectivity index (χ3n) is 7.12. The van der Waals surface area contributed by atoms with E-state index in [2.05, 4.69) is 0 Å². The van der Waals surface area contributed by atoms with Crippen molar-refractivity contribution < 1.29 is 14.3 Å². The van der Waals surface area contributed by atoms with E-state index in [-0.39, 0.29) is 12.2 Å². The average molecular weight is 554 g/mol. The van der Waals surface area contributed by atoms with Gasteiger partial charge in [0.05, 0.1) is 5.71 Å². The summed E-state index contributed by atoms with van der Waals surface area (Å²) < 4.78 is 6.02. The summed E-state index contributed by atoms with van der Waals surface area (Å²) in [5.41, 5.74) is 3.17. The minimum absolute atomic E-state index is 0.0572. The number of ketones is 1. The summed E-state index contributed by atoms with van der Waals surface area (Å²) in [7, 11) is 0. The molecular weight excluding hydrogens is 518 g/mol. The average Bonchev–Trinajstić information content (AvgIpc) is 3.01. The molecule has 0 saturated carbocycles. The van der Waals surface area contributed by atoms with E-state index in [1.54, 1.807) is 0 Å². The third kappa shape index (κ3) is 6.90. The molecular formula is C38H35NO3. The van der Waals surface area contributed by atoms with Crippen LogP contribution in [0.25, 0.3) is 10.8 Å². The largest absolute Gasteiger partial charge is 0.458 e. The fraction of sp³-hybridized carbons (Fsp3) is 0.184. The molecule has 0 radical (unpaired) electrons. The van der Waals surface area contributed by atoms with Crippen LogP contribution in [0.1, 0.15) is 60.2 Å². The topological polar surface area (TPSA) is 55.7 Å². The van der Waals surface area contributed by atoms with Crippen molar-refractivity contribution in [2.24, 2.45) is 4.99 Å². The lowest BCUT2D eigenvalue weighted by Crippen LogP contribution is -2.36. The molecule has 0 aliphatic heterocycles. The Morgan fingerprint density at radius 3 is 1.71 bits per heavy atom. The zero-order valence-electron chi connectivity index (χ0n) is 24.2. The first-order valence-corrected chi connectivity index (χ1v) is 14.3. The number of carbonyl (C=O) groups excluding carboxylic acids is 2. The van der Waals surface area contributed by atoms with Gasteiger partial charge in [-0.05, 0) is 37.1 Å². The maximum absolute atomic E-state index is 14.2. The first kappa shape index (κ1) is 28.7. The van der Waals surface area contributed by atoms with E-state index in [0.717, 1.165) is 27.5 Å². The molecule has 210 valence electrons. The number of aliphatic imine (C=N–C) groups is 1. The van der Waals surface area contributed by atoms with Gasteiger partial charge in [-0.1, -0.05) is 133 Å². The Kier molecular flexibility index (Phi) is 8.73. The van der Waals surface area contributed by atoms with Gasteiger partial charge in [0.2, 0.25) is 0 Å². The summed E-state index contributed by atoms with van der Waals surface area (Å²) >= 11 is 0. The van der Waals surface area contributed by atoms with E-state index in [1.165, 1.54) is 0 Å². The van der Waals surface area contributed by atoms with Crippen LogP contribution in [0.5, 0.6) is 0 Å². The molecule has 0 aliphatic carbocycles. The van der Waals surface area contributed by atoms with E-state index in [1.807, 2.05) is 154 Å². The summed E-state index contributed by atoms with van der Waals surface area (Å²) in [6, 6.07) is 42.0. The molecule has 0 heterocycles. The fourth-order valence-corrected chi connectivity index (χ4v) is 5.22. The van der Waals surface area contributed by atoms with E-state index >= 15 is 0 Å². The molecule has 0 amide bonds. The normalized spacial score (nSPS) is 12.7. The molecule has 0 fully saturated rings. The van der Waals surface area contributed by atoms with Gasteiger partial charge in [0.15, 0.2) is 11.8 Å². The van der Waals surface area contributed by atoms with Crippen molar-refractivity contribution in [3.05, 3.63) is 156 Å². The van der Waals surface area contributed by atoms with Gasteiger partial charge in [0.25, 0.3) is 0 Å². The molecule has 5 aromatic carbocycles. The zero-order chi connectivity index (χ0) is 29.5. The lowest BCUT2D eigenvalue weighted by molar-refractivity contribution is -0.156. The van der Waals surface area contributed by atoms with Crippen LogP contribution >= 0.6 is 0 Å². The first-order valence-electron chi connectivity index (χ1n) is 14.3. The van der Waals surface area contributed by atoms with Gasteiger partial charge >= 0.3 is 5.97 Å². The molecule has 5 rings (SSSR count). The van der Waals surface area contributed by atoms with Crippen molar-refractivity contribution in [1.82, 2.24) is 0 Å². The van der Waals surface area contributed by atoms with E-state index in [0.29, 0.717) is 11.3 Å². The quantitative estimate of drug-likeness (QED) is 0.105. The molecule has 0 aromatic heterocycles. The summed E-state index contributed by atoms with van der Waals surface area (Å²) in [6.45, 7) is 5.55. The molecule has 0 unspecified atom stereocenters. The van der Waals surface area contributed by atoms with Crippen LogP contribution in [0.15, 0.2) is 138 Å². The standard InChI is InChI=1S/C38H35NO3/c1-38(2,3)42-37(41)36(39-35(29-19-9-5-10-20-29)30-21-11-6-12-22-30)33(26-34(40)28-17-7-4-8-18-28)32-25-15-23-27-16-13-14-24-31(27)32/h4-25,33,36H,26H2,1-3H3/t33-,36+/m0/s1. The molecule has 0 aliphatic rings. The molecule has 4 heteroatoms. The summed E-state index contributed by atoms with van der Waals surface area (Å²) in [6.07, 6.45) is 0.0856. The second-order valence-electron chi connectivity index (χ2n) is 11.4. The molecule has 5 aromatic rings. The number of Topliss-reactive ketones (excluding diaryl/α,β-unsaturated/α-hetero) is 1. The molecule has 0 bridgehead atoms. The van der Waals surface area contributed by atoms with Crippen LogP contribution in [0.2, 0.25) is 0 Å². The molecule has 0 N–H and O–H groups in total. The van der Waals surface area contributed by atoms with E-state index in [4.69, 9.17) is 9.73 Å². The van der Waals surface area contributed by atoms with Crippen molar-refractivity contribution in [3.63, 3.8) is 0 Å². The highest BCUT2D eigenvalue weighted by Gasteiger charge is 2.36. The summed E-state index contributed by atoms with van der Waals surface area (Å²) in [5, 5.41) is 2.01. The SMILES string of the molecule is CC(C)(C)OC(=O)[C@H](N=C(c1ccccc1)c1ccccc1)[C@@H](CC(=O)c1ccccc1)c1cccc2ccccc12. The Morgan fingerprint density at radius 2 is 1.14 bits per heavy atom. The Hall–Kier alpha value is -4.83. The number of fused-ring (bicyclic) bond motifs is 1. The van der Waals surface area contributed by atoms with Gasteiger partial charge in [-0.15, -0.1) is 0 Å². The van der Waals surface area contributed by atoms with Crippen molar-refractivity contribution in [2.45, 2.75) is 44.8 Å². The zero-order valence-corrected chi connectivity index (χ0v) is 24.2. The minimum Gasteiger partial charge on any atom is -0.458 e. The number of hydrogen-bond donors (Lipinski definition) is 0. The molecule has 0 spiro atoms. The monoisotopic (exact) mass is 553 g/mol. The second-order valence-corrected chi connectivity index (χ2v) is 11.4. The van der Waals surface area contributed by atoms with Crippen LogP contribution < -0.4 is 0 Å². The highest BCUT2D eigenvalue weighted by Crippen LogP contribution is 2.35. The lowest BCUT2D eigenvalue weighted by atomic mass is 9.83. The van der Waals surface area contributed by atoms with Gasteiger partial charge in [0, 0.05) is 29.0 Å². The van der Waals surface area contributed by atoms with Crippen LogP contribution in [-0.2, 0) is 9.53 Å². The van der Waals surface area contributed by atoms with Gasteiger partial charge < -0.3 is 4.74 Å². The van der Waals surface area contributed by atoms with Crippen molar-refractivity contribution >= 4 is 28.2 Å². The second kappa shape index (κ2) is 12.8. The summed E-state index contributed by atoms with van der Waals surface area (Å²) in [5.74, 6) is -1.11. The predicted octanol–water partition coefficient (Wildman–Crippen LogP) is 8.44. The highest BCUT2D eigenvalue weighted by atomic mass is 16.6. The Labute approximate surface area is 247 Å². The van der Waals surface area contributed by atoms with Gasteiger partial charge in [0.1, 0.15) is 5.60 Å². The van der Waals surface area contributed by atoms with Crippen LogP contribution in [0.4, 0.5) is 0 Å². The van der Waals surface area contributed by atoms with Crippen molar-refractivity contribution in [1.29, 1.82) is 0 Å². The maximum Gasteiger partial charge on any atom is 0.332 e. The predicted molar refractivity (Wildman–Crippen MR) is 170 cm³/mol. The number of hydrogen-bond acceptors (Lipinski definition) is 4. The van der Waals surface area contributed by atoms with Crippen LogP contribution in [-0.4, -0.2) is 29.1 Å². The number of carbonyl (C=O) groups is 2. The number of ether oxygens (including phenoxy) is 1. The number of esters is 1. The third-order valence-corrected chi connectivity index (χ3v) is 7.12. The Bertz CT molecular complexity index is 1640. The van der Waals surface area contributed by atoms with Crippen molar-refractivity contribution in [2.75, 3.05) is 0 Å². The van der Waals surface area contributed by atoms with Gasteiger partial charge in [-0.25, -0.2) is 4.79 Å². The fourth-order valence-electron chi connectivity index (χ4n) is 5.22. The molecule has 42 heavy (non-hydrogen) atoms. The number of benzene rings is 5. The molecule has 4 nitrogen and oxygen atoms in total.